The number of carbonyl (C=O) groups is 1. The van der Waals surface area contributed by atoms with Gasteiger partial charge in [-0.3, -0.25) is 14.2 Å². The van der Waals surface area contributed by atoms with Crippen LogP contribution in [0.3, 0.4) is 0 Å². The fourth-order valence-corrected chi connectivity index (χ4v) is 4.23. The monoisotopic (exact) mass is 397 g/mol. The first-order valence-electron chi connectivity index (χ1n) is 9.64. The summed E-state index contributed by atoms with van der Waals surface area (Å²) in [4.78, 5) is 29.7. The van der Waals surface area contributed by atoms with E-state index in [1.165, 1.54) is 35.1 Å². The number of aromatic nitrogens is 2. The van der Waals surface area contributed by atoms with Crippen LogP contribution in [0.4, 0.5) is 0 Å². The average Bonchev–Trinajstić information content (AvgIpc) is 3.39. The molecule has 6 nitrogen and oxygen atoms in total. The Balaban J connectivity index is 1.33. The van der Waals surface area contributed by atoms with Gasteiger partial charge in [0.25, 0.3) is 5.56 Å². The van der Waals surface area contributed by atoms with E-state index in [-0.39, 0.29) is 24.0 Å². The number of hydrogen-bond donors (Lipinski definition) is 1. The number of nitrogens with zero attached hydrogens (tertiary/aromatic N) is 2. The molecular weight excluding hydrogens is 374 g/mol. The summed E-state index contributed by atoms with van der Waals surface area (Å²) < 4.78 is 7.60. The van der Waals surface area contributed by atoms with Crippen LogP contribution in [0, 0.1) is 0 Å². The molecule has 3 aromatic rings. The molecule has 0 aliphatic heterocycles. The maximum absolute atomic E-state index is 12.4. The van der Waals surface area contributed by atoms with Crippen LogP contribution >= 0.6 is 11.3 Å². The Hall–Kier alpha value is -2.67. The fraction of sp³-hybridized carbons (Fsp3) is 0.381. The first-order valence-corrected chi connectivity index (χ1v) is 10.5. The zero-order valence-electron chi connectivity index (χ0n) is 15.6. The van der Waals surface area contributed by atoms with E-state index in [1.807, 2.05) is 29.6 Å². The van der Waals surface area contributed by atoms with Crippen molar-refractivity contribution in [1.29, 1.82) is 0 Å². The van der Waals surface area contributed by atoms with E-state index >= 15 is 0 Å². The lowest BCUT2D eigenvalue weighted by atomic mass is 10.2. The highest BCUT2D eigenvalue weighted by Crippen LogP contribution is 2.26. The Morgan fingerprint density at radius 1 is 1.25 bits per heavy atom. The topological polar surface area (TPSA) is 73.2 Å². The summed E-state index contributed by atoms with van der Waals surface area (Å²) in [5.41, 5.74) is 0.871. The second-order valence-electron chi connectivity index (χ2n) is 7.04. The van der Waals surface area contributed by atoms with Crippen molar-refractivity contribution in [3.05, 3.63) is 58.0 Å². The number of nitrogens with one attached hydrogen (secondary N) is 1. The first kappa shape index (κ1) is 18.7. The molecule has 1 amide bonds. The molecule has 146 valence electrons. The van der Waals surface area contributed by atoms with Crippen LogP contribution in [0.5, 0.6) is 5.75 Å². The van der Waals surface area contributed by atoms with E-state index in [4.69, 9.17) is 4.74 Å². The normalized spacial score (nSPS) is 14.4. The summed E-state index contributed by atoms with van der Waals surface area (Å²) in [6.07, 6.45) is 6.64. The number of rotatable bonds is 7. The number of fused-ring (bicyclic) bond motifs is 1. The van der Waals surface area contributed by atoms with E-state index in [0.717, 1.165) is 29.0 Å². The van der Waals surface area contributed by atoms with Crippen molar-refractivity contribution in [1.82, 2.24) is 14.9 Å². The average molecular weight is 398 g/mol. The van der Waals surface area contributed by atoms with Gasteiger partial charge in [0.05, 0.1) is 17.8 Å². The second kappa shape index (κ2) is 8.56. The van der Waals surface area contributed by atoms with Gasteiger partial charge in [0.15, 0.2) is 0 Å². The molecule has 0 radical (unpaired) electrons. The fourth-order valence-electron chi connectivity index (χ4n) is 3.51. The number of ether oxygens (including phenoxy) is 1. The van der Waals surface area contributed by atoms with Crippen molar-refractivity contribution in [3.8, 4) is 5.75 Å². The summed E-state index contributed by atoms with van der Waals surface area (Å²) in [6.45, 7) is 0.724. The molecule has 4 rings (SSSR count). The van der Waals surface area contributed by atoms with Gasteiger partial charge in [-0.05, 0) is 43.2 Å². The number of carbonyl (C=O) groups excluding carboxylic acids is 1. The Morgan fingerprint density at radius 2 is 2.07 bits per heavy atom. The van der Waals surface area contributed by atoms with Crippen molar-refractivity contribution in [2.45, 2.75) is 51.3 Å². The lowest BCUT2D eigenvalue weighted by Gasteiger charge is -2.16. The number of amides is 1. The second-order valence-corrected chi connectivity index (χ2v) is 7.94. The van der Waals surface area contributed by atoms with Crippen LogP contribution in [0.25, 0.3) is 10.2 Å². The Labute approximate surface area is 167 Å². The van der Waals surface area contributed by atoms with E-state index in [2.05, 4.69) is 10.3 Å². The van der Waals surface area contributed by atoms with E-state index < -0.39 is 0 Å². The van der Waals surface area contributed by atoms with Crippen LogP contribution in [0.15, 0.2) is 46.8 Å². The Morgan fingerprint density at radius 3 is 2.93 bits per heavy atom. The number of aryl methyl sites for hydroxylation is 1. The molecule has 0 unspecified atom stereocenters. The van der Waals surface area contributed by atoms with Gasteiger partial charge >= 0.3 is 0 Å². The largest absolute Gasteiger partial charge is 0.490 e. The molecule has 0 bridgehead atoms. The maximum atomic E-state index is 12.4. The van der Waals surface area contributed by atoms with Crippen molar-refractivity contribution < 1.29 is 9.53 Å². The standard InChI is InChI=1S/C21H23N3O3S/c25-19(9-11-24-14-23-20-17(21(24)26)10-12-28-20)22-13-15-5-1-4-8-18(15)27-16-6-2-3-7-16/h1,4-5,8,10,12,14,16H,2-3,6-7,9,11,13H2,(H,22,25). The van der Waals surface area contributed by atoms with Gasteiger partial charge in [-0.1, -0.05) is 18.2 Å². The zero-order valence-corrected chi connectivity index (χ0v) is 16.4. The Kier molecular flexibility index (Phi) is 5.71. The van der Waals surface area contributed by atoms with Crippen molar-refractivity contribution in [3.63, 3.8) is 0 Å². The summed E-state index contributed by atoms with van der Waals surface area (Å²) in [5, 5.41) is 5.38. The molecule has 1 fully saturated rings. The van der Waals surface area contributed by atoms with E-state index in [9.17, 15) is 9.59 Å². The van der Waals surface area contributed by atoms with Gasteiger partial charge < -0.3 is 10.1 Å². The molecule has 1 saturated carbocycles. The van der Waals surface area contributed by atoms with Gasteiger partial charge in [-0.25, -0.2) is 4.98 Å². The van der Waals surface area contributed by atoms with Gasteiger partial charge in [-0.2, -0.15) is 0 Å². The van der Waals surface area contributed by atoms with Crippen LogP contribution in [0.2, 0.25) is 0 Å². The molecule has 0 saturated heterocycles. The summed E-state index contributed by atoms with van der Waals surface area (Å²) >= 11 is 1.44. The third-order valence-electron chi connectivity index (χ3n) is 5.07. The minimum Gasteiger partial charge on any atom is -0.490 e. The van der Waals surface area contributed by atoms with Gasteiger partial charge in [-0.15, -0.1) is 11.3 Å². The summed E-state index contributed by atoms with van der Waals surface area (Å²) in [7, 11) is 0. The summed E-state index contributed by atoms with van der Waals surface area (Å²) in [6, 6.07) is 9.61. The molecule has 1 aromatic carbocycles. The molecular formula is C21H23N3O3S. The van der Waals surface area contributed by atoms with Crippen LogP contribution in [-0.4, -0.2) is 21.6 Å². The quantitative estimate of drug-likeness (QED) is 0.662. The molecule has 2 aromatic heterocycles. The zero-order chi connectivity index (χ0) is 19.3. The van der Waals surface area contributed by atoms with E-state index in [0.29, 0.717) is 18.5 Å². The van der Waals surface area contributed by atoms with Gasteiger partial charge in [0, 0.05) is 25.1 Å². The van der Waals surface area contributed by atoms with Crippen molar-refractivity contribution >= 4 is 27.5 Å². The highest BCUT2D eigenvalue weighted by molar-refractivity contribution is 7.16. The minimum atomic E-state index is -0.104. The molecule has 7 heteroatoms. The molecule has 2 heterocycles. The molecule has 28 heavy (non-hydrogen) atoms. The van der Waals surface area contributed by atoms with Crippen LogP contribution in [-0.2, 0) is 17.9 Å². The van der Waals surface area contributed by atoms with Crippen LogP contribution < -0.4 is 15.6 Å². The van der Waals surface area contributed by atoms with Crippen LogP contribution in [0.1, 0.15) is 37.7 Å². The van der Waals surface area contributed by atoms with Gasteiger partial charge in [0.2, 0.25) is 5.91 Å². The SMILES string of the molecule is O=C(CCn1cnc2sccc2c1=O)NCc1ccccc1OC1CCCC1. The highest BCUT2D eigenvalue weighted by Gasteiger charge is 2.18. The van der Waals surface area contributed by atoms with E-state index in [1.54, 1.807) is 6.07 Å². The van der Waals surface area contributed by atoms with Gasteiger partial charge in [0.1, 0.15) is 10.6 Å². The number of thiophene rings is 1. The number of benzene rings is 1. The predicted molar refractivity (Wildman–Crippen MR) is 110 cm³/mol. The first-order chi connectivity index (χ1) is 13.7. The molecule has 0 spiro atoms. The lowest BCUT2D eigenvalue weighted by molar-refractivity contribution is -0.121. The number of para-hydroxylation sites is 1. The molecule has 1 N–H and O–H groups in total. The maximum Gasteiger partial charge on any atom is 0.262 e. The van der Waals surface area contributed by atoms with Crippen molar-refractivity contribution in [2.75, 3.05) is 0 Å². The molecule has 1 aliphatic carbocycles. The van der Waals surface area contributed by atoms with Crippen molar-refractivity contribution in [2.24, 2.45) is 0 Å². The smallest absolute Gasteiger partial charge is 0.262 e. The molecule has 1 aliphatic rings. The number of hydrogen-bond acceptors (Lipinski definition) is 5. The minimum absolute atomic E-state index is 0.102. The third kappa shape index (κ3) is 4.25. The third-order valence-corrected chi connectivity index (χ3v) is 5.90. The predicted octanol–water partition coefficient (Wildman–Crippen LogP) is 3.49. The highest BCUT2D eigenvalue weighted by atomic mass is 32.1. The summed E-state index contributed by atoms with van der Waals surface area (Å²) in [5.74, 6) is 0.742. The molecule has 0 atom stereocenters. The Bertz CT molecular complexity index is 1020. The lowest BCUT2D eigenvalue weighted by Crippen LogP contribution is -2.27.